The number of rotatable bonds is 16. The molecule has 0 bridgehead atoms. The fraction of sp³-hybridized carbons (Fsp3) is 0.359. The molecule has 5 rings (SSSR count). The molecule has 53 heavy (non-hydrogen) atoms. The van der Waals surface area contributed by atoms with E-state index in [2.05, 4.69) is 5.32 Å². The number of aliphatic hydroxyl groups excluding tert-OH is 1. The average molecular weight is 780 g/mol. The smallest absolute Gasteiger partial charge is 0.328 e. The Morgan fingerprint density at radius 2 is 1.68 bits per heavy atom. The van der Waals surface area contributed by atoms with Gasteiger partial charge in [-0.3, -0.25) is 14.5 Å². The minimum Gasteiger partial charge on any atom is -0.397 e. The van der Waals surface area contributed by atoms with Crippen molar-refractivity contribution >= 4 is 56.5 Å². The zero-order chi connectivity index (χ0) is 38.4. The molecule has 4 aromatic rings. The monoisotopic (exact) mass is 779 g/mol. The maximum Gasteiger partial charge on any atom is 0.328 e. The molecule has 14 heteroatoms. The highest BCUT2D eigenvalue weighted by Crippen LogP contribution is 2.28. The van der Waals surface area contributed by atoms with Crippen LogP contribution in [0.3, 0.4) is 0 Å². The fourth-order valence-corrected chi connectivity index (χ4v) is 8.95. The molecule has 1 saturated heterocycles. The van der Waals surface area contributed by atoms with E-state index < -0.39 is 52.0 Å². The second kappa shape index (κ2) is 17.3. The lowest BCUT2D eigenvalue weighted by Crippen LogP contribution is -2.57. The number of nitrogens with zero attached hydrogens (tertiary/aromatic N) is 3. The largest absolute Gasteiger partial charge is 0.397 e. The molecule has 282 valence electrons. The van der Waals surface area contributed by atoms with Crippen LogP contribution in [0.1, 0.15) is 38.8 Å². The summed E-state index contributed by atoms with van der Waals surface area (Å²) in [5, 5.41) is 16.9. The SMILES string of the molecule is CC(C)CN(C[C@@H](O)[C@H](Cc1ccccc1)NC(=O)C(C(C)C)N1CC(=O)N(Cc2cccc(-c3cccs3)c2)C1=O)S(=O)(=O)c1ccc(Cl)c(N)c1. The molecule has 1 aliphatic rings. The van der Waals surface area contributed by atoms with Gasteiger partial charge in [-0.1, -0.05) is 93.9 Å². The summed E-state index contributed by atoms with van der Waals surface area (Å²) < 4.78 is 29.0. The van der Waals surface area contributed by atoms with Crippen LogP contribution in [0.5, 0.6) is 0 Å². The maximum absolute atomic E-state index is 14.2. The molecule has 3 atom stereocenters. The number of anilines is 1. The molecule has 11 nitrogen and oxygen atoms in total. The normalized spacial score (nSPS) is 15.4. The summed E-state index contributed by atoms with van der Waals surface area (Å²) >= 11 is 7.66. The van der Waals surface area contributed by atoms with E-state index in [0.717, 1.165) is 26.5 Å². The summed E-state index contributed by atoms with van der Waals surface area (Å²) in [5.41, 5.74) is 8.60. The molecule has 1 fully saturated rings. The van der Waals surface area contributed by atoms with E-state index in [4.69, 9.17) is 17.3 Å². The van der Waals surface area contributed by atoms with Crippen molar-refractivity contribution in [3.8, 4) is 10.4 Å². The number of hydrogen-bond donors (Lipinski definition) is 3. The van der Waals surface area contributed by atoms with Crippen molar-refractivity contribution < 1.29 is 27.9 Å². The van der Waals surface area contributed by atoms with Crippen LogP contribution in [0.2, 0.25) is 5.02 Å². The summed E-state index contributed by atoms with van der Waals surface area (Å²) in [6, 6.07) is 22.3. The molecule has 1 unspecified atom stereocenters. The molecule has 0 spiro atoms. The van der Waals surface area contributed by atoms with Gasteiger partial charge in [0, 0.05) is 18.0 Å². The van der Waals surface area contributed by atoms with Gasteiger partial charge < -0.3 is 21.1 Å². The fourth-order valence-electron chi connectivity index (χ4n) is 6.45. The van der Waals surface area contributed by atoms with E-state index in [9.17, 15) is 27.9 Å². The summed E-state index contributed by atoms with van der Waals surface area (Å²) in [4.78, 5) is 44.8. The molecule has 0 saturated carbocycles. The van der Waals surface area contributed by atoms with Gasteiger partial charge in [-0.2, -0.15) is 4.31 Å². The van der Waals surface area contributed by atoms with E-state index in [-0.39, 0.29) is 54.1 Å². The summed E-state index contributed by atoms with van der Waals surface area (Å²) in [5.74, 6) is -1.50. The molecule has 0 radical (unpaired) electrons. The molecule has 4 amide bonds. The molecular weight excluding hydrogens is 734 g/mol. The first-order valence-electron chi connectivity index (χ1n) is 17.5. The van der Waals surface area contributed by atoms with E-state index in [1.54, 1.807) is 25.2 Å². The summed E-state index contributed by atoms with van der Waals surface area (Å²) in [6.07, 6.45) is -1.20. The highest BCUT2D eigenvalue weighted by molar-refractivity contribution is 7.89. The van der Waals surface area contributed by atoms with E-state index in [1.807, 2.05) is 86.0 Å². The minimum absolute atomic E-state index is 0.0502. The average Bonchev–Trinajstić information content (AvgIpc) is 3.74. The molecular formula is C39H46ClN5O6S2. The minimum atomic E-state index is -4.14. The van der Waals surface area contributed by atoms with Crippen molar-refractivity contribution in [2.75, 3.05) is 25.4 Å². The van der Waals surface area contributed by atoms with Crippen molar-refractivity contribution in [3.63, 3.8) is 0 Å². The van der Waals surface area contributed by atoms with E-state index >= 15 is 0 Å². The number of carbonyl (C=O) groups excluding carboxylic acids is 3. The van der Waals surface area contributed by atoms with Crippen molar-refractivity contribution in [2.24, 2.45) is 11.8 Å². The lowest BCUT2D eigenvalue weighted by Gasteiger charge is -2.34. The Kier molecular flexibility index (Phi) is 13.0. The number of halogens is 1. The topological polar surface area (TPSA) is 153 Å². The predicted molar refractivity (Wildman–Crippen MR) is 209 cm³/mol. The number of hydrogen-bond acceptors (Lipinski definition) is 8. The number of thiophene rings is 1. The van der Waals surface area contributed by atoms with Crippen LogP contribution >= 0.6 is 22.9 Å². The van der Waals surface area contributed by atoms with Gasteiger partial charge in [-0.15, -0.1) is 11.3 Å². The number of benzene rings is 3. The van der Waals surface area contributed by atoms with Crippen LogP contribution in [-0.4, -0.2) is 83.3 Å². The number of amides is 4. The molecule has 4 N–H and O–H groups in total. The predicted octanol–water partition coefficient (Wildman–Crippen LogP) is 5.87. The van der Waals surface area contributed by atoms with Crippen LogP contribution in [0.15, 0.2) is 95.2 Å². The van der Waals surface area contributed by atoms with Gasteiger partial charge in [-0.25, -0.2) is 13.2 Å². The Balaban J connectivity index is 1.38. The Bertz CT molecular complexity index is 2010. The second-order valence-corrected chi connectivity index (χ2v) is 17.3. The van der Waals surface area contributed by atoms with Gasteiger partial charge in [0.25, 0.3) is 5.91 Å². The first-order valence-corrected chi connectivity index (χ1v) is 20.2. The summed E-state index contributed by atoms with van der Waals surface area (Å²) in [7, 11) is -4.14. The number of nitrogens with two attached hydrogens (primary N) is 1. The van der Waals surface area contributed by atoms with Crippen LogP contribution in [-0.2, 0) is 32.6 Å². The van der Waals surface area contributed by atoms with Crippen molar-refractivity contribution in [1.82, 2.24) is 19.4 Å². The highest BCUT2D eigenvalue weighted by Gasteiger charge is 2.44. The number of sulfonamides is 1. The number of carbonyl (C=O) groups is 3. The van der Waals surface area contributed by atoms with Crippen LogP contribution < -0.4 is 11.1 Å². The number of urea groups is 1. The van der Waals surface area contributed by atoms with Gasteiger partial charge in [0.05, 0.1) is 34.3 Å². The van der Waals surface area contributed by atoms with Crippen molar-refractivity contribution in [3.05, 3.63) is 106 Å². The molecule has 0 aliphatic carbocycles. The third kappa shape index (κ3) is 9.64. The summed E-state index contributed by atoms with van der Waals surface area (Å²) in [6.45, 7) is 6.80. The van der Waals surface area contributed by atoms with Crippen LogP contribution in [0.4, 0.5) is 10.5 Å². The zero-order valence-corrected chi connectivity index (χ0v) is 32.6. The zero-order valence-electron chi connectivity index (χ0n) is 30.2. The first-order chi connectivity index (χ1) is 25.1. The number of nitrogens with one attached hydrogen (secondary N) is 1. The Morgan fingerprint density at radius 1 is 0.962 bits per heavy atom. The third-order valence-corrected chi connectivity index (χ3v) is 12.1. The molecule has 1 aliphatic heterocycles. The molecule has 3 aromatic carbocycles. The van der Waals surface area contributed by atoms with Crippen LogP contribution in [0, 0.1) is 11.8 Å². The van der Waals surface area contributed by atoms with E-state index in [1.165, 1.54) is 27.4 Å². The Labute approximate surface area is 320 Å². The molecule has 2 heterocycles. The maximum atomic E-state index is 14.2. The van der Waals surface area contributed by atoms with Gasteiger partial charge in [0.2, 0.25) is 15.9 Å². The van der Waals surface area contributed by atoms with Crippen LogP contribution in [0.25, 0.3) is 10.4 Å². The standard InChI is InChI=1S/C39H46ClN5O6S2/c1-25(2)21-43(53(50,51)30-15-16-31(40)32(41)20-30)23-34(46)33(19-27-10-6-5-7-11-27)42-38(48)37(26(3)4)45-24-36(47)44(39(45)49)22-28-12-8-13-29(18-28)35-14-9-17-52-35/h5-18,20,25-26,33-34,37,46H,19,21-24,41H2,1-4H3,(H,42,48)/t33-,34+,37?/m0/s1. The number of imide groups is 1. The Hall–Kier alpha value is -4.27. The van der Waals surface area contributed by atoms with Gasteiger partial charge in [-0.05, 0) is 70.7 Å². The van der Waals surface area contributed by atoms with Gasteiger partial charge in [0.1, 0.15) is 12.6 Å². The lowest BCUT2D eigenvalue weighted by atomic mass is 9.97. The third-order valence-electron chi connectivity index (χ3n) is 9.05. The van der Waals surface area contributed by atoms with Crippen molar-refractivity contribution in [2.45, 2.75) is 63.7 Å². The first kappa shape index (κ1) is 39.9. The number of nitrogen functional groups attached to an aromatic ring is 1. The quantitative estimate of drug-likeness (QED) is 0.0950. The van der Waals surface area contributed by atoms with Gasteiger partial charge in [0.15, 0.2) is 0 Å². The lowest BCUT2D eigenvalue weighted by molar-refractivity contribution is -0.129. The Morgan fingerprint density at radius 3 is 2.32 bits per heavy atom. The van der Waals surface area contributed by atoms with E-state index in [0.29, 0.717) is 0 Å². The second-order valence-electron chi connectivity index (χ2n) is 14.0. The highest BCUT2D eigenvalue weighted by atomic mass is 35.5. The van der Waals surface area contributed by atoms with Crippen molar-refractivity contribution in [1.29, 1.82) is 0 Å². The van der Waals surface area contributed by atoms with Gasteiger partial charge >= 0.3 is 6.03 Å². The molecule has 1 aromatic heterocycles. The number of aliphatic hydroxyl groups is 1.